The number of alkyl halides is 2. The van der Waals surface area contributed by atoms with Crippen molar-refractivity contribution in [3.05, 3.63) is 83.6 Å². The maximum atomic E-state index is 13.8. The molecule has 0 spiro atoms. The van der Waals surface area contributed by atoms with Gasteiger partial charge in [0.2, 0.25) is 0 Å². The molecule has 1 aliphatic carbocycles. The van der Waals surface area contributed by atoms with Gasteiger partial charge in [-0.2, -0.15) is 0 Å². The number of pyridine rings is 2. The normalized spacial score (nSPS) is 24.6. The van der Waals surface area contributed by atoms with Gasteiger partial charge in [-0.25, -0.2) is 13.8 Å². The van der Waals surface area contributed by atoms with Crippen molar-refractivity contribution < 1.29 is 8.78 Å². The fraction of sp³-hybridized carbons (Fsp3) is 0.321. The van der Waals surface area contributed by atoms with Crippen molar-refractivity contribution in [1.29, 1.82) is 0 Å². The standard InChI is InChI=1S/C28H26F2N6/c1-17-2-3-18(14-35-9-7-28(29,30)16-35)11-19(10-17)21-4-5-24-27(33-21)26(34-25-15-36(24)25)23-12-20-13-31-8-6-22(20)32-23/h2-6,8,10-13,17,25,32H,7,9,14-16H2,1H3/t17-,25?,36?/m0/s1. The van der Waals surface area contributed by atoms with E-state index < -0.39 is 5.92 Å². The van der Waals surface area contributed by atoms with E-state index in [0.717, 1.165) is 57.1 Å². The lowest BCUT2D eigenvalue weighted by Crippen LogP contribution is -2.26. The summed E-state index contributed by atoms with van der Waals surface area (Å²) < 4.78 is 27.5. The zero-order valence-electron chi connectivity index (χ0n) is 20.0. The SMILES string of the molecule is C[C@H]1C=CC(CN2CCC(F)(F)C2)=CC(c2ccc3c(n2)C(c2cc4cnccc4[nH]2)=NC2CN32)=C1. The Balaban J connectivity index is 1.25. The maximum Gasteiger partial charge on any atom is 0.261 e. The van der Waals surface area contributed by atoms with Crippen LogP contribution < -0.4 is 4.90 Å². The third kappa shape index (κ3) is 3.86. The lowest BCUT2D eigenvalue weighted by Gasteiger charge is -2.19. The van der Waals surface area contributed by atoms with E-state index in [1.165, 1.54) is 0 Å². The molecule has 0 saturated carbocycles. The fourth-order valence-electron chi connectivity index (χ4n) is 5.39. The van der Waals surface area contributed by atoms with E-state index in [2.05, 4.69) is 64.3 Å². The monoisotopic (exact) mass is 484 g/mol. The molecule has 0 radical (unpaired) electrons. The number of aliphatic imine (C=N–C) groups is 1. The molecule has 3 aromatic heterocycles. The summed E-state index contributed by atoms with van der Waals surface area (Å²) in [5.41, 5.74) is 7.66. The minimum Gasteiger partial charge on any atom is -0.353 e. The number of hydrogen-bond acceptors (Lipinski definition) is 5. The van der Waals surface area contributed by atoms with Crippen LogP contribution in [0.1, 0.15) is 30.4 Å². The number of halogens is 2. The van der Waals surface area contributed by atoms with Crippen LogP contribution in [0.5, 0.6) is 0 Å². The second-order valence-corrected chi connectivity index (χ2v) is 10.2. The van der Waals surface area contributed by atoms with Gasteiger partial charge in [0.15, 0.2) is 0 Å². The lowest BCUT2D eigenvalue weighted by molar-refractivity contribution is 0.0131. The Morgan fingerprint density at radius 2 is 2.14 bits per heavy atom. The summed E-state index contributed by atoms with van der Waals surface area (Å²) in [6, 6.07) is 8.24. The predicted molar refractivity (Wildman–Crippen MR) is 137 cm³/mol. The summed E-state index contributed by atoms with van der Waals surface area (Å²) in [5.74, 6) is -2.39. The third-order valence-electron chi connectivity index (χ3n) is 7.30. The molecule has 3 aromatic rings. The molecule has 4 aliphatic rings. The highest BCUT2D eigenvalue weighted by atomic mass is 19.3. The number of nitrogens with zero attached hydrogens (tertiary/aromatic N) is 5. The van der Waals surface area contributed by atoms with Crippen molar-refractivity contribution in [3.63, 3.8) is 0 Å². The predicted octanol–water partition coefficient (Wildman–Crippen LogP) is 4.81. The van der Waals surface area contributed by atoms with Crippen LogP contribution in [0, 0.1) is 5.92 Å². The van der Waals surface area contributed by atoms with E-state index >= 15 is 0 Å². The number of anilines is 1. The highest BCUT2D eigenvalue weighted by Gasteiger charge is 2.41. The molecule has 8 heteroatoms. The highest BCUT2D eigenvalue weighted by molar-refractivity contribution is 6.17. The molecule has 1 N–H and O–H groups in total. The fourth-order valence-corrected chi connectivity index (χ4v) is 5.39. The minimum atomic E-state index is -2.59. The number of H-pyrrole nitrogens is 1. The van der Waals surface area contributed by atoms with Crippen LogP contribution in [-0.2, 0) is 0 Å². The van der Waals surface area contributed by atoms with E-state index in [-0.39, 0.29) is 25.0 Å². The Morgan fingerprint density at radius 3 is 2.97 bits per heavy atom. The molecule has 182 valence electrons. The van der Waals surface area contributed by atoms with Crippen LogP contribution >= 0.6 is 0 Å². The quantitative estimate of drug-likeness (QED) is 0.540. The van der Waals surface area contributed by atoms with Gasteiger partial charge in [0.1, 0.15) is 17.6 Å². The maximum absolute atomic E-state index is 13.8. The molecule has 6 nitrogen and oxygen atoms in total. The number of aromatic amines is 1. The number of aromatic nitrogens is 3. The van der Waals surface area contributed by atoms with Crippen molar-refractivity contribution in [1.82, 2.24) is 19.9 Å². The summed E-state index contributed by atoms with van der Waals surface area (Å²) in [4.78, 5) is 21.9. The van der Waals surface area contributed by atoms with E-state index in [9.17, 15) is 8.78 Å². The summed E-state index contributed by atoms with van der Waals surface area (Å²) in [6.45, 7) is 3.77. The molecule has 2 atom stereocenters. The number of rotatable bonds is 4. The summed E-state index contributed by atoms with van der Waals surface area (Å²) in [6.07, 6.45) is 12.2. The molecular weight excluding hydrogens is 458 g/mol. The van der Waals surface area contributed by atoms with Gasteiger partial charge in [0, 0.05) is 42.8 Å². The smallest absolute Gasteiger partial charge is 0.261 e. The number of hydrogen-bond donors (Lipinski definition) is 1. The Labute approximate surface area is 207 Å². The third-order valence-corrected chi connectivity index (χ3v) is 7.30. The van der Waals surface area contributed by atoms with E-state index in [1.54, 1.807) is 6.20 Å². The first-order chi connectivity index (χ1) is 17.4. The topological polar surface area (TPSA) is 60.2 Å². The van der Waals surface area contributed by atoms with E-state index in [4.69, 9.17) is 9.98 Å². The van der Waals surface area contributed by atoms with Gasteiger partial charge in [-0.1, -0.05) is 25.2 Å². The first-order valence-corrected chi connectivity index (χ1v) is 12.4. The van der Waals surface area contributed by atoms with E-state index in [1.807, 2.05) is 17.2 Å². The number of likely N-dealkylation sites (tertiary alicyclic amines) is 1. The van der Waals surface area contributed by atoms with Crippen LogP contribution in [0.4, 0.5) is 14.5 Å². The molecule has 6 heterocycles. The van der Waals surface area contributed by atoms with Crippen molar-refractivity contribution in [2.75, 3.05) is 31.1 Å². The van der Waals surface area contributed by atoms with Gasteiger partial charge < -0.3 is 9.88 Å². The van der Waals surface area contributed by atoms with Crippen LogP contribution in [-0.4, -0.2) is 63.8 Å². The van der Waals surface area contributed by atoms with Gasteiger partial charge in [0.05, 0.1) is 30.2 Å². The Bertz CT molecular complexity index is 1460. The molecular formula is C28H26F2N6. The Hall–Kier alpha value is -3.65. The molecule has 1 unspecified atom stereocenters. The van der Waals surface area contributed by atoms with Crippen LogP contribution in [0.2, 0.25) is 0 Å². The van der Waals surface area contributed by atoms with Gasteiger partial charge in [-0.05, 0) is 47.4 Å². The van der Waals surface area contributed by atoms with E-state index in [0.29, 0.717) is 13.1 Å². The second-order valence-electron chi connectivity index (χ2n) is 10.2. The average Bonchev–Trinajstić information content (AvgIpc) is 3.45. The molecule has 7 rings (SSSR count). The van der Waals surface area contributed by atoms with Gasteiger partial charge >= 0.3 is 0 Å². The first kappa shape index (κ1) is 21.6. The molecule has 0 amide bonds. The average molecular weight is 485 g/mol. The van der Waals surface area contributed by atoms with Crippen molar-refractivity contribution in [2.45, 2.75) is 25.4 Å². The molecule has 2 saturated heterocycles. The summed E-state index contributed by atoms with van der Waals surface area (Å²) >= 11 is 0. The number of nitrogens with one attached hydrogen (secondary N) is 1. The summed E-state index contributed by atoms with van der Waals surface area (Å²) in [7, 11) is 0. The summed E-state index contributed by atoms with van der Waals surface area (Å²) in [5, 5.41) is 1.04. The number of fused-ring (bicyclic) bond motifs is 4. The van der Waals surface area contributed by atoms with Gasteiger partial charge in [-0.3, -0.25) is 14.9 Å². The minimum absolute atomic E-state index is 0.0705. The van der Waals surface area contributed by atoms with Crippen LogP contribution in [0.15, 0.2) is 71.5 Å². The highest BCUT2D eigenvalue weighted by Crippen LogP contribution is 2.39. The molecule has 3 aliphatic heterocycles. The first-order valence-electron chi connectivity index (χ1n) is 12.4. The number of allylic oxidation sites excluding steroid dienone is 4. The molecule has 0 bridgehead atoms. The largest absolute Gasteiger partial charge is 0.353 e. The van der Waals surface area contributed by atoms with Gasteiger partial charge in [0.25, 0.3) is 5.92 Å². The Morgan fingerprint density at radius 1 is 1.22 bits per heavy atom. The zero-order valence-corrected chi connectivity index (χ0v) is 20.0. The van der Waals surface area contributed by atoms with Crippen molar-refractivity contribution >= 4 is 27.9 Å². The van der Waals surface area contributed by atoms with Crippen LogP contribution in [0.3, 0.4) is 0 Å². The molecule has 36 heavy (non-hydrogen) atoms. The lowest BCUT2D eigenvalue weighted by atomic mass is 10.0. The second kappa shape index (κ2) is 7.93. The Kier molecular flexibility index (Phi) is 4.76. The zero-order chi connectivity index (χ0) is 24.4. The van der Waals surface area contributed by atoms with Crippen molar-refractivity contribution in [3.8, 4) is 0 Å². The van der Waals surface area contributed by atoms with Gasteiger partial charge in [-0.15, -0.1) is 0 Å². The van der Waals surface area contributed by atoms with Crippen molar-refractivity contribution in [2.24, 2.45) is 10.9 Å². The van der Waals surface area contributed by atoms with Crippen LogP contribution in [0.25, 0.3) is 16.5 Å². The molecule has 0 aromatic carbocycles. The molecule has 2 fully saturated rings.